The molecule has 1 aliphatic rings. The third-order valence-corrected chi connectivity index (χ3v) is 7.00. The molecule has 1 aliphatic heterocycles. The third-order valence-electron chi connectivity index (χ3n) is 5.18. The van der Waals surface area contributed by atoms with Crippen LogP contribution in [0.1, 0.15) is 24.7 Å². The third kappa shape index (κ3) is 3.85. The average Bonchev–Trinajstić information content (AvgIpc) is 3.44. The molecule has 0 radical (unpaired) electrons. The normalized spacial score (nSPS) is 18.0. The molecule has 0 aliphatic carbocycles. The highest BCUT2D eigenvalue weighted by atomic mass is 32.2. The van der Waals surface area contributed by atoms with Crippen LogP contribution in [-0.2, 0) is 29.5 Å². The highest BCUT2D eigenvalue weighted by molar-refractivity contribution is 7.89. The van der Waals surface area contributed by atoms with Crippen LogP contribution in [0, 0.1) is 5.92 Å². The Morgan fingerprint density at radius 3 is 2.79 bits per heavy atom. The first-order valence-electron chi connectivity index (χ1n) is 9.49. The van der Waals surface area contributed by atoms with Crippen LogP contribution >= 0.6 is 0 Å². The summed E-state index contributed by atoms with van der Waals surface area (Å²) in [6.45, 7) is 4.32. The van der Waals surface area contributed by atoms with E-state index in [-0.39, 0.29) is 10.8 Å². The lowest BCUT2D eigenvalue weighted by molar-refractivity contribution is 0.450. The Labute approximate surface area is 164 Å². The fraction of sp³-hybridized carbons (Fsp3) is 0.421. The average molecular weight is 401 g/mol. The van der Waals surface area contributed by atoms with Crippen LogP contribution in [0.5, 0.6) is 0 Å². The van der Waals surface area contributed by atoms with Gasteiger partial charge < -0.3 is 4.57 Å². The first kappa shape index (κ1) is 18.8. The van der Waals surface area contributed by atoms with Gasteiger partial charge in [-0.25, -0.2) is 8.42 Å². The number of nitrogens with zero attached hydrogens (tertiary/aromatic N) is 6. The number of aryl methyl sites for hydroxylation is 1. The van der Waals surface area contributed by atoms with Gasteiger partial charge in [-0.3, -0.25) is 4.68 Å². The van der Waals surface area contributed by atoms with Crippen molar-refractivity contribution in [3.05, 3.63) is 60.4 Å². The van der Waals surface area contributed by atoms with E-state index in [9.17, 15) is 8.42 Å². The van der Waals surface area contributed by atoms with Crippen molar-refractivity contribution in [2.24, 2.45) is 5.92 Å². The molecule has 1 saturated heterocycles. The fourth-order valence-corrected chi connectivity index (χ4v) is 5.08. The molecule has 0 saturated carbocycles. The Morgan fingerprint density at radius 1 is 1.21 bits per heavy atom. The summed E-state index contributed by atoms with van der Waals surface area (Å²) >= 11 is 0. The molecule has 148 valence electrons. The van der Waals surface area contributed by atoms with E-state index < -0.39 is 10.0 Å². The van der Waals surface area contributed by atoms with Gasteiger partial charge >= 0.3 is 0 Å². The summed E-state index contributed by atoms with van der Waals surface area (Å²) in [5.41, 5.74) is 1.19. The molecule has 3 heterocycles. The predicted octanol–water partition coefficient (Wildman–Crippen LogP) is 1.80. The van der Waals surface area contributed by atoms with Gasteiger partial charge in [0, 0.05) is 32.3 Å². The largest absolute Gasteiger partial charge is 0.313 e. The Bertz CT molecular complexity index is 1030. The lowest BCUT2D eigenvalue weighted by atomic mass is 10.0. The second-order valence-electron chi connectivity index (χ2n) is 7.11. The molecule has 4 rings (SSSR count). The quantitative estimate of drug-likeness (QED) is 0.604. The van der Waals surface area contributed by atoms with E-state index in [1.807, 2.05) is 29.7 Å². The summed E-state index contributed by atoms with van der Waals surface area (Å²) in [7, 11) is -3.49. The van der Waals surface area contributed by atoms with Gasteiger partial charge in [-0.05, 0) is 24.8 Å². The number of hydrogen-bond acceptors (Lipinski definition) is 5. The molecule has 0 bridgehead atoms. The summed E-state index contributed by atoms with van der Waals surface area (Å²) in [4.78, 5) is 0.266. The van der Waals surface area contributed by atoms with E-state index in [1.54, 1.807) is 21.5 Å². The van der Waals surface area contributed by atoms with E-state index in [0.29, 0.717) is 32.6 Å². The molecule has 1 aromatic carbocycles. The van der Waals surface area contributed by atoms with Crippen molar-refractivity contribution in [2.75, 3.05) is 13.1 Å². The molecule has 0 N–H and O–H groups in total. The van der Waals surface area contributed by atoms with Gasteiger partial charge in [0.15, 0.2) is 0 Å². The molecule has 1 unspecified atom stereocenters. The molecule has 28 heavy (non-hydrogen) atoms. The van der Waals surface area contributed by atoms with E-state index in [1.165, 1.54) is 11.8 Å². The zero-order valence-electron chi connectivity index (χ0n) is 15.8. The van der Waals surface area contributed by atoms with Gasteiger partial charge in [-0.2, -0.15) is 9.40 Å². The minimum Gasteiger partial charge on any atom is -0.313 e. The maximum atomic E-state index is 12.9. The second-order valence-corrected chi connectivity index (χ2v) is 9.05. The molecule has 1 fully saturated rings. The molecule has 0 amide bonds. The van der Waals surface area contributed by atoms with E-state index >= 15 is 0 Å². The van der Waals surface area contributed by atoms with Crippen LogP contribution in [0.4, 0.5) is 0 Å². The highest BCUT2D eigenvalue weighted by Gasteiger charge is 2.34. The number of aromatic nitrogens is 5. The van der Waals surface area contributed by atoms with Gasteiger partial charge in [0.05, 0.1) is 12.7 Å². The standard InChI is InChI=1S/C19H24N6O2S/c1-2-24-14-18(11-21-24)28(26,27)25-9-8-17(13-25)10-19-22-20-15-23(19)12-16-6-4-3-5-7-16/h3-7,11,14-15,17H,2,8-10,12-13H2,1H3. The first-order chi connectivity index (χ1) is 13.6. The number of sulfonamides is 1. The van der Waals surface area contributed by atoms with Gasteiger partial charge in [0.1, 0.15) is 17.0 Å². The maximum Gasteiger partial charge on any atom is 0.246 e. The number of hydrogen-bond donors (Lipinski definition) is 0. The number of benzene rings is 1. The van der Waals surface area contributed by atoms with E-state index in [2.05, 4.69) is 27.4 Å². The summed E-state index contributed by atoms with van der Waals surface area (Å²) in [5.74, 6) is 1.13. The van der Waals surface area contributed by atoms with Crippen LogP contribution in [0.15, 0.2) is 53.9 Å². The van der Waals surface area contributed by atoms with Crippen LogP contribution in [0.3, 0.4) is 0 Å². The van der Waals surface area contributed by atoms with Crippen molar-refractivity contribution < 1.29 is 8.42 Å². The fourth-order valence-electron chi connectivity index (χ4n) is 3.59. The summed E-state index contributed by atoms with van der Waals surface area (Å²) in [5, 5.41) is 12.4. The highest BCUT2D eigenvalue weighted by Crippen LogP contribution is 2.26. The van der Waals surface area contributed by atoms with Gasteiger partial charge in [0.25, 0.3) is 0 Å². The predicted molar refractivity (Wildman–Crippen MR) is 104 cm³/mol. The van der Waals surface area contributed by atoms with Gasteiger partial charge in [-0.15, -0.1) is 10.2 Å². The summed E-state index contributed by atoms with van der Waals surface area (Å²) in [6.07, 6.45) is 6.30. The molecule has 9 heteroatoms. The Morgan fingerprint density at radius 2 is 2.04 bits per heavy atom. The van der Waals surface area contributed by atoms with E-state index in [4.69, 9.17) is 0 Å². The zero-order valence-corrected chi connectivity index (χ0v) is 16.7. The molecule has 1 atom stereocenters. The van der Waals surface area contributed by atoms with Crippen molar-refractivity contribution in [1.29, 1.82) is 0 Å². The molecule has 3 aromatic rings. The van der Waals surface area contributed by atoms with Crippen LogP contribution in [0.2, 0.25) is 0 Å². The van der Waals surface area contributed by atoms with Crippen molar-refractivity contribution in [3.63, 3.8) is 0 Å². The zero-order chi connectivity index (χ0) is 19.6. The first-order valence-corrected chi connectivity index (χ1v) is 10.9. The number of rotatable bonds is 7. The smallest absolute Gasteiger partial charge is 0.246 e. The molecular formula is C19H24N6O2S. The monoisotopic (exact) mass is 400 g/mol. The SMILES string of the molecule is CCn1cc(S(=O)(=O)N2CCC(Cc3nncn3Cc3ccccc3)C2)cn1. The van der Waals surface area contributed by atoms with Crippen LogP contribution in [0.25, 0.3) is 0 Å². The summed E-state index contributed by atoms with van der Waals surface area (Å²) < 4.78 is 31.0. The van der Waals surface area contributed by atoms with Crippen molar-refractivity contribution in [1.82, 2.24) is 28.9 Å². The van der Waals surface area contributed by atoms with Crippen molar-refractivity contribution in [3.8, 4) is 0 Å². The van der Waals surface area contributed by atoms with Gasteiger partial charge in [-0.1, -0.05) is 30.3 Å². The Hall–Kier alpha value is -2.52. The summed E-state index contributed by atoms with van der Waals surface area (Å²) in [6, 6.07) is 10.2. The Balaban J connectivity index is 1.42. The lowest BCUT2D eigenvalue weighted by Crippen LogP contribution is -2.29. The minimum absolute atomic E-state index is 0.231. The van der Waals surface area contributed by atoms with Crippen LogP contribution in [-0.4, -0.2) is 50.4 Å². The molecule has 2 aromatic heterocycles. The second kappa shape index (κ2) is 7.84. The van der Waals surface area contributed by atoms with Crippen molar-refractivity contribution in [2.45, 2.75) is 37.8 Å². The minimum atomic E-state index is -3.49. The molecule has 0 spiro atoms. The lowest BCUT2D eigenvalue weighted by Gasteiger charge is -2.15. The van der Waals surface area contributed by atoms with Gasteiger partial charge in [0.2, 0.25) is 10.0 Å². The molecule has 8 nitrogen and oxygen atoms in total. The maximum absolute atomic E-state index is 12.9. The Kier molecular flexibility index (Phi) is 5.27. The van der Waals surface area contributed by atoms with Crippen LogP contribution < -0.4 is 0 Å². The van der Waals surface area contributed by atoms with E-state index in [0.717, 1.165) is 12.2 Å². The topological polar surface area (TPSA) is 85.9 Å². The molecular weight excluding hydrogens is 376 g/mol. The van der Waals surface area contributed by atoms with Crippen molar-refractivity contribution >= 4 is 10.0 Å².